The number of nitrogen functional groups attached to an aromatic ring is 1. The van der Waals surface area contributed by atoms with E-state index >= 15 is 0 Å². The average molecular weight is 367 g/mol. The molecular weight excluding hydrogens is 346 g/mol. The minimum Gasteiger partial charge on any atom is -0.481 e. The van der Waals surface area contributed by atoms with E-state index in [0.717, 1.165) is 23.1 Å². The van der Waals surface area contributed by atoms with Gasteiger partial charge in [-0.05, 0) is 25.3 Å². The molecule has 0 bridgehead atoms. The van der Waals surface area contributed by atoms with Crippen molar-refractivity contribution in [1.29, 1.82) is 0 Å². The second-order valence-electron chi connectivity index (χ2n) is 6.19. The first-order chi connectivity index (χ1) is 11.4. The molecule has 0 radical (unpaired) electrons. The highest BCUT2D eigenvalue weighted by Crippen LogP contribution is 2.41. The van der Waals surface area contributed by atoms with E-state index < -0.39 is 5.97 Å². The number of thiophene rings is 1. The van der Waals surface area contributed by atoms with E-state index in [0.29, 0.717) is 29.8 Å². The Morgan fingerprint density at radius 1 is 1.50 bits per heavy atom. The highest BCUT2D eigenvalue weighted by Gasteiger charge is 2.32. The van der Waals surface area contributed by atoms with Crippen LogP contribution in [0, 0.1) is 0 Å². The molecule has 1 aliphatic rings. The second-order valence-corrected chi connectivity index (χ2v) is 8.34. The first-order valence-corrected chi connectivity index (χ1v) is 9.78. The minimum absolute atomic E-state index is 0.155. The van der Waals surface area contributed by atoms with Crippen LogP contribution in [0.25, 0.3) is 10.2 Å². The van der Waals surface area contributed by atoms with Crippen LogP contribution in [-0.2, 0) is 22.6 Å². The van der Waals surface area contributed by atoms with Crippen LogP contribution in [0.4, 0.5) is 5.82 Å². The van der Waals surface area contributed by atoms with Gasteiger partial charge in [0, 0.05) is 23.5 Å². The third kappa shape index (κ3) is 3.50. The molecule has 1 atom stereocenters. The van der Waals surface area contributed by atoms with Crippen molar-refractivity contribution < 1.29 is 14.6 Å². The Morgan fingerprint density at radius 3 is 3.00 bits per heavy atom. The Morgan fingerprint density at radius 2 is 2.29 bits per heavy atom. The molecule has 3 rings (SSSR count). The zero-order valence-electron chi connectivity index (χ0n) is 13.8. The Kier molecular flexibility index (Phi) is 4.98. The number of anilines is 1. The molecule has 3 N–H and O–H groups in total. The van der Waals surface area contributed by atoms with E-state index in [4.69, 9.17) is 15.6 Å². The molecule has 0 saturated carbocycles. The summed E-state index contributed by atoms with van der Waals surface area (Å²) in [7, 11) is 0. The van der Waals surface area contributed by atoms with Crippen LogP contribution in [0.15, 0.2) is 5.16 Å². The van der Waals surface area contributed by atoms with Gasteiger partial charge in [-0.1, -0.05) is 18.7 Å². The molecule has 1 aliphatic heterocycles. The van der Waals surface area contributed by atoms with E-state index in [1.165, 1.54) is 22.2 Å². The summed E-state index contributed by atoms with van der Waals surface area (Å²) < 4.78 is 6.00. The number of carboxylic acids is 1. The maximum Gasteiger partial charge on any atom is 0.303 e. The van der Waals surface area contributed by atoms with Crippen molar-refractivity contribution in [3.8, 4) is 0 Å². The molecular formula is C16H21N3O3S2. The lowest BCUT2D eigenvalue weighted by Crippen LogP contribution is -2.33. The van der Waals surface area contributed by atoms with Crippen LogP contribution >= 0.6 is 23.1 Å². The summed E-state index contributed by atoms with van der Waals surface area (Å²) in [5.74, 6) is 0.397. The predicted octanol–water partition coefficient (Wildman–Crippen LogP) is 3.47. The van der Waals surface area contributed by atoms with Gasteiger partial charge in [0.15, 0.2) is 5.16 Å². The molecule has 0 aliphatic carbocycles. The summed E-state index contributed by atoms with van der Waals surface area (Å²) in [6.07, 6.45) is 2.52. The number of carboxylic acid groups (broad SMARTS) is 1. The SMILES string of the molecule is CC[C@]1(C)Cc2c(sc3nc(SCCCC(=O)O)nc(N)c23)CO1. The van der Waals surface area contributed by atoms with Crippen LogP contribution < -0.4 is 5.73 Å². The third-order valence-electron chi connectivity index (χ3n) is 4.36. The van der Waals surface area contributed by atoms with Crippen molar-refractivity contribution in [2.45, 2.75) is 56.9 Å². The number of thioether (sulfide) groups is 1. The van der Waals surface area contributed by atoms with Gasteiger partial charge in [-0.15, -0.1) is 11.3 Å². The Labute approximate surface area is 148 Å². The van der Waals surface area contributed by atoms with Gasteiger partial charge in [-0.3, -0.25) is 4.79 Å². The number of nitrogens with two attached hydrogens (primary N) is 1. The molecule has 0 fully saturated rings. The standard InChI is InChI=1S/C16H21N3O3S2/c1-3-16(2)7-9-10(8-22-16)24-14-12(9)13(17)18-15(19-14)23-6-4-5-11(20)21/h3-8H2,1-2H3,(H,20,21)(H2,17,18,19)/t16-/m1/s1. The van der Waals surface area contributed by atoms with Crippen molar-refractivity contribution in [1.82, 2.24) is 9.97 Å². The van der Waals surface area contributed by atoms with Gasteiger partial charge < -0.3 is 15.6 Å². The molecule has 6 nitrogen and oxygen atoms in total. The van der Waals surface area contributed by atoms with Gasteiger partial charge in [0.05, 0.1) is 17.6 Å². The summed E-state index contributed by atoms with van der Waals surface area (Å²) in [5.41, 5.74) is 7.29. The zero-order valence-corrected chi connectivity index (χ0v) is 15.4. The van der Waals surface area contributed by atoms with Crippen molar-refractivity contribution in [2.75, 3.05) is 11.5 Å². The van der Waals surface area contributed by atoms with E-state index in [1.54, 1.807) is 11.3 Å². The molecule has 0 saturated heterocycles. The number of aliphatic carboxylic acids is 1. The molecule has 2 aromatic heterocycles. The van der Waals surface area contributed by atoms with Crippen LogP contribution in [-0.4, -0.2) is 32.4 Å². The highest BCUT2D eigenvalue weighted by atomic mass is 32.2. The summed E-state index contributed by atoms with van der Waals surface area (Å²) in [6, 6.07) is 0. The molecule has 0 amide bonds. The van der Waals surface area contributed by atoms with E-state index in [1.807, 2.05) is 0 Å². The van der Waals surface area contributed by atoms with Gasteiger partial charge in [0.25, 0.3) is 0 Å². The van der Waals surface area contributed by atoms with E-state index in [2.05, 4.69) is 23.8 Å². The third-order valence-corrected chi connectivity index (χ3v) is 6.39. The highest BCUT2D eigenvalue weighted by molar-refractivity contribution is 7.99. The maximum absolute atomic E-state index is 10.6. The number of ether oxygens (including phenoxy) is 1. The predicted molar refractivity (Wildman–Crippen MR) is 96.6 cm³/mol. The van der Waals surface area contributed by atoms with Crippen molar-refractivity contribution in [3.05, 3.63) is 10.4 Å². The lowest BCUT2D eigenvalue weighted by atomic mass is 9.90. The lowest BCUT2D eigenvalue weighted by Gasteiger charge is -2.33. The summed E-state index contributed by atoms with van der Waals surface area (Å²) in [6.45, 7) is 4.86. The summed E-state index contributed by atoms with van der Waals surface area (Å²) in [4.78, 5) is 21.7. The number of hydrogen-bond acceptors (Lipinski definition) is 7. The fraction of sp³-hybridized carbons (Fsp3) is 0.562. The van der Waals surface area contributed by atoms with Crippen LogP contribution in [0.1, 0.15) is 43.6 Å². The van der Waals surface area contributed by atoms with Gasteiger partial charge in [-0.2, -0.15) is 0 Å². The van der Waals surface area contributed by atoms with Gasteiger partial charge in [-0.25, -0.2) is 9.97 Å². The molecule has 130 valence electrons. The quantitative estimate of drug-likeness (QED) is 0.458. The first-order valence-electron chi connectivity index (χ1n) is 7.98. The van der Waals surface area contributed by atoms with Crippen molar-refractivity contribution in [2.24, 2.45) is 0 Å². The number of rotatable bonds is 6. The zero-order chi connectivity index (χ0) is 17.3. The first kappa shape index (κ1) is 17.4. The Balaban J connectivity index is 1.84. The van der Waals surface area contributed by atoms with Crippen LogP contribution in [0.2, 0.25) is 0 Å². The normalized spacial score (nSPS) is 20.2. The maximum atomic E-state index is 10.6. The molecule has 0 unspecified atom stereocenters. The monoisotopic (exact) mass is 367 g/mol. The van der Waals surface area contributed by atoms with Crippen LogP contribution in [0.3, 0.4) is 0 Å². The molecule has 0 spiro atoms. The number of hydrogen-bond donors (Lipinski definition) is 2. The fourth-order valence-electron chi connectivity index (χ4n) is 2.76. The molecule has 8 heteroatoms. The van der Waals surface area contributed by atoms with Crippen molar-refractivity contribution in [3.63, 3.8) is 0 Å². The van der Waals surface area contributed by atoms with Gasteiger partial charge in [0.1, 0.15) is 10.6 Å². The Bertz CT molecular complexity index is 778. The second kappa shape index (κ2) is 6.85. The average Bonchev–Trinajstić information content (AvgIpc) is 2.89. The van der Waals surface area contributed by atoms with Crippen molar-refractivity contribution >= 4 is 45.1 Å². The Hall–Kier alpha value is -1.38. The smallest absolute Gasteiger partial charge is 0.303 e. The summed E-state index contributed by atoms with van der Waals surface area (Å²) in [5, 5.41) is 10.3. The number of nitrogens with zero attached hydrogens (tertiary/aromatic N) is 2. The molecule has 2 aromatic rings. The minimum atomic E-state index is -0.781. The number of carbonyl (C=O) groups is 1. The number of fused-ring (bicyclic) bond motifs is 3. The largest absolute Gasteiger partial charge is 0.481 e. The molecule has 0 aromatic carbocycles. The lowest BCUT2D eigenvalue weighted by molar-refractivity contribution is -0.137. The molecule has 3 heterocycles. The topological polar surface area (TPSA) is 98.3 Å². The van der Waals surface area contributed by atoms with Crippen LogP contribution in [0.5, 0.6) is 0 Å². The van der Waals surface area contributed by atoms with E-state index in [-0.39, 0.29) is 12.0 Å². The molecule has 24 heavy (non-hydrogen) atoms. The van der Waals surface area contributed by atoms with Gasteiger partial charge >= 0.3 is 5.97 Å². The summed E-state index contributed by atoms with van der Waals surface area (Å²) >= 11 is 3.07. The van der Waals surface area contributed by atoms with E-state index in [9.17, 15) is 4.79 Å². The van der Waals surface area contributed by atoms with Gasteiger partial charge in [0.2, 0.25) is 0 Å². The number of aromatic nitrogens is 2. The fourth-order valence-corrected chi connectivity index (χ4v) is 4.72.